The van der Waals surface area contributed by atoms with Crippen molar-refractivity contribution in [1.29, 1.82) is 0 Å². The summed E-state index contributed by atoms with van der Waals surface area (Å²) in [5.74, 6) is -0.128. The van der Waals surface area contributed by atoms with Gasteiger partial charge in [0.1, 0.15) is 0 Å². The molecule has 1 amide bonds. The van der Waals surface area contributed by atoms with Crippen LogP contribution in [0.4, 0.5) is 10.8 Å². The maximum absolute atomic E-state index is 12.7. The first-order valence-electron chi connectivity index (χ1n) is 7.25. The van der Waals surface area contributed by atoms with Crippen molar-refractivity contribution in [3.8, 4) is 0 Å². The molecule has 0 bridgehead atoms. The molecule has 1 heterocycles. The Bertz CT molecular complexity index is 983. The number of thiazole rings is 1. The van der Waals surface area contributed by atoms with Gasteiger partial charge in [0.25, 0.3) is 10.0 Å². The minimum Gasteiger partial charge on any atom is -0.326 e. The van der Waals surface area contributed by atoms with E-state index in [4.69, 9.17) is 0 Å². The van der Waals surface area contributed by atoms with Crippen molar-refractivity contribution in [1.82, 2.24) is 4.98 Å². The van der Waals surface area contributed by atoms with E-state index in [9.17, 15) is 13.2 Å². The van der Waals surface area contributed by atoms with Crippen molar-refractivity contribution in [3.63, 3.8) is 0 Å². The number of carbonyl (C=O) groups is 1. The summed E-state index contributed by atoms with van der Waals surface area (Å²) in [7, 11) is -3.78. The lowest BCUT2D eigenvalue weighted by Crippen LogP contribution is -2.14. The fourth-order valence-corrected chi connectivity index (χ4v) is 4.30. The Balaban J connectivity index is 2.10. The third-order valence-corrected chi connectivity index (χ3v) is 5.64. The first-order chi connectivity index (χ1) is 11.5. The summed E-state index contributed by atoms with van der Waals surface area (Å²) in [5.41, 5.74) is 0.589. The van der Waals surface area contributed by atoms with Gasteiger partial charge in [-0.1, -0.05) is 31.2 Å². The number of aromatic nitrogens is 1. The summed E-state index contributed by atoms with van der Waals surface area (Å²) in [4.78, 5) is 15.8. The largest absolute Gasteiger partial charge is 0.326 e. The fourth-order valence-electron chi connectivity index (χ4n) is 2.30. The molecule has 0 unspecified atom stereocenters. The predicted molar refractivity (Wildman–Crippen MR) is 95.8 cm³/mol. The van der Waals surface area contributed by atoms with E-state index in [1.54, 1.807) is 42.6 Å². The Hall–Kier alpha value is -2.45. The second kappa shape index (κ2) is 6.58. The SMILES string of the molecule is CCC(=O)Nc1ccc(S(=O)(=O)Nc2nccs2)c2ccccc12. The van der Waals surface area contributed by atoms with Gasteiger partial charge in [-0.15, -0.1) is 11.3 Å². The highest BCUT2D eigenvalue weighted by atomic mass is 32.2. The van der Waals surface area contributed by atoms with Crippen molar-refractivity contribution in [2.45, 2.75) is 18.2 Å². The van der Waals surface area contributed by atoms with Crippen molar-refractivity contribution < 1.29 is 13.2 Å². The van der Waals surface area contributed by atoms with Crippen molar-refractivity contribution in [2.75, 3.05) is 10.0 Å². The quantitative estimate of drug-likeness (QED) is 0.728. The van der Waals surface area contributed by atoms with Crippen LogP contribution in [-0.4, -0.2) is 19.3 Å². The zero-order valence-corrected chi connectivity index (χ0v) is 14.4. The number of benzene rings is 2. The number of fused-ring (bicyclic) bond motifs is 1. The van der Waals surface area contributed by atoms with Gasteiger partial charge in [0.15, 0.2) is 5.13 Å². The number of hydrogen-bond acceptors (Lipinski definition) is 5. The number of hydrogen-bond donors (Lipinski definition) is 2. The van der Waals surface area contributed by atoms with Crippen molar-refractivity contribution in [2.24, 2.45) is 0 Å². The minimum absolute atomic E-state index is 0.128. The van der Waals surface area contributed by atoms with Crippen LogP contribution in [0.15, 0.2) is 52.9 Å². The normalized spacial score (nSPS) is 11.4. The highest BCUT2D eigenvalue weighted by molar-refractivity contribution is 7.93. The van der Waals surface area contributed by atoms with Crippen LogP contribution in [0.25, 0.3) is 10.8 Å². The third kappa shape index (κ3) is 3.24. The topological polar surface area (TPSA) is 88.2 Å². The minimum atomic E-state index is -3.78. The average molecular weight is 361 g/mol. The van der Waals surface area contributed by atoms with Gasteiger partial charge in [-0.3, -0.25) is 9.52 Å². The average Bonchev–Trinajstić information content (AvgIpc) is 3.07. The van der Waals surface area contributed by atoms with Gasteiger partial charge >= 0.3 is 0 Å². The number of nitrogens with zero attached hydrogens (tertiary/aromatic N) is 1. The Kier molecular flexibility index (Phi) is 4.50. The smallest absolute Gasteiger partial charge is 0.264 e. The number of rotatable bonds is 5. The van der Waals surface area contributed by atoms with Crippen LogP contribution < -0.4 is 10.0 Å². The highest BCUT2D eigenvalue weighted by Gasteiger charge is 2.20. The van der Waals surface area contributed by atoms with Gasteiger partial charge in [-0.2, -0.15) is 0 Å². The van der Waals surface area contributed by atoms with E-state index in [1.807, 2.05) is 0 Å². The lowest BCUT2D eigenvalue weighted by molar-refractivity contribution is -0.115. The lowest BCUT2D eigenvalue weighted by Gasteiger charge is -2.12. The molecular weight excluding hydrogens is 346 g/mol. The molecule has 3 aromatic rings. The van der Waals surface area contributed by atoms with Crippen molar-refractivity contribution in [3.05, 3.63) is 48.0 Å². The Morgan fingerprint density at radius 1 is 1.17 bits per heavy atom. The molecule has 0 atom stereocenters. The van der Waals surface area contributed by atoms with E-state index in [0.29, 0.717) is 28.0 Å². The molecule has 8 heteroatoms. The first-order valence-corrected chi connectivity index (χ1v) is 9.61. The lowest BCUT2D eigenvalue weighted by atomic mass is 10.1. The van der Waals surface area contributed by atoms with E-state index in [2.05, 4.69) is 15.0 Å². The molecular formula is C16H15N3O3S2. The molecule has 24 heavy (non-hydrogen) atoms. The molecule has 1 aromatic heterocycles. The molecule has 0 aliphatic carbocycles. The first kappa shape index (κ1) is 16.4. The summed E-state index contributed by atoms with van der Waals surface area (Å²) >= 11 is 1.21. The van der Waals surface area contributed by atoms with E-state index in [-0.39, 0.29) is 10.8 Å². The van der Waals surface area contributed by atoms with Gasteiger partial charge in [-0.05, 0) is 12.1 Å². The predicted octanol–water partition coefficient (Wildman–Crippen LogP) is 3.45. The molecule has 124 valence electrons. The molecule has 0 saturated carbocycles. The van der Waals surface area contributed by atoms with Crippen LogP contribution in [0.5, 0.6) is 0 Å². The maximum Gasteiger partial charge on any atom is 0.264 e. The van der Waals surface area contributed by atoms with Gasteiger partial charge in [0, 0.05) is 34.5 Å². The maximum atomic E-state index is 12.7. The van der Waals surface area contributed by atoms with E-state index >= 15 is 0 Å². The number of sulfonamides is 1. The Morgan fingerprint density at radius 2 is 1.92 bits per heavy atom. The molecule has 6 nitrogen and oxygen atoms in total. The van der Waals surface area contributed by atoms with E-state index in [0.717, 1.165) is 0 Å². The number of nitrogens with one attached hydrogen (secondary N) is 2. The highest BCUT2D eigenvalue weighted by Crippen LogP contribution is 2.30. The number of amides is 1. The second-order valence-corrected chi connectivity index (χ2v) is 7.55. The molecule has 2 N–H and O–H groups in total. The Morgan fingerprint density at radius 3 is 2.58 bits per heavy atom. The number of carbonyl (C=O) groups excluding carboxylic acids is 1. The van der Waals surface area contributed by atoms with Crippen molar-refractivity contribution >= 4 is 48.9 Å². The van der Waals surface area contributed by atoms with Crippen LogP contribution in [0.1, 0.15) is 13.3 Å². The van der Waals surface area contributed by atoms with Gasteiger partial charge in [0.05, 0.1) is 4.90 Å². The summed E-state index contributed by atoms with van der Waals surface area (Å²) in [6.45, 7) is 1.76. The van der Waals surface area contributed by atoms with Crippen LogP contribution in [0, 0.1) is 0 Å². The molecule has 0 aliphatic heterocycles. The number of anilines is 2. The zero-order chi connectivity index (χ0) is 17.2. The fraction of sp³-hybridized carbons (Fsp3) is 0.125. The van der Waals surface area contributed by atoms with E-state index < -0.39 is 10.0 Å². The summed E-state index contributed by atoms with van der Waals surface area (Å²) in [5, 5.41) is 6.00. The molecule has 0 aliphatic rings. The van der Waals surface area contributed by atoms with Crippen LogP contribution in [0.2, 0.25) is 0 Å². The summed E-state index contributed by atoms with van der Waals surface area (Å²) in [6.07, 6.45) is 1.88. The summed E-state index contributed by atoms with van der Waals surface area (Å²) in [6, 6.07) is 10.1. The van der Waals surface area contributed by atoms with Crippen LogP contribution in [0.3, 0.4) is 0 Å². The van der Waals surface area contributed by atoms with Crippen LogP contribution >= 0.6 is 11.3 Å². The van der Waals surface area contributed by atoms with Gasteiger partial charge < -0.3 is 5.32 Å². The molecule has 2 aromatic carbocycles. The molecule has 0 spiro atoms. The van der Waals surface area contributed by atoms with Gasteiger partial charge in [-0.25, -0.2) is 13.4 Å². The summed E-state index contributed by atoms with van der Waals surface area (Å²) < 4.78 is 27.8. The molecule has 0 saturated heterocycles. The Labute approximate surface area is 143 Å². The van der Waals surface area contributed by atoms with Crippen LogP contribution in [-0.2, 0) is 14.8 Å². The molecule has 3 rings (SSSR count). The monoisotopic (exact) mass is 361 g/mol. The van der Waals surface area contributed by atoms with E-state index in [1.165, 1.54) is 23.6 Å². The van der Waals surface area contributed by atoms with Gasteiger partial charge in [0.2, 0.25) is 5.91 Å². The molecule has 0 radical (unpaired) electrons. The second-order valence-electron chi connectivity index (χ2n) is 5.00. The third-order valence-electron chi connectivity index (χ3n) is 3.42. The standard InChI is InChI=1S/C16H15N3O3S2/c1-2-15(20)18-13-7-8-14(12-6-4-3-5-11(12)13)24(21,22)19-16-17-9-10-23-16/h3-10H,2H2,1H3,(H,17,19)(H,18,20). The zero-order valence-electron chi connectivity index (χ0n) is 12.8. The molecule has 0 fully saturated rings.